The second kappa shape index (κ2) is 10.5. The van der Waals surface area contributed by atoms with E-state index in [2.05, 4.69) is 29.7 Å². The van der Waals surface area contributed by atoms with Gasteiger partial charge in [-0.1, -0.05) is 72.0 Å². The van der Waals surface area contributed by atoms with E-state index in [1.165, 1.54) is 21.6 Å². The van der Waals surface area contributed by atoms with E-state index in [1.807, 2.05) is 73.7 Å². The molecular weight excluding hydrogens is 540 g/mol. The molecule has 0 aliphatic carbocycles. The Morgan fingerprint density at radius 3 is 2.10 bits per heavy atom. The molecule has 6 aromatic rings. The first kappa shape index (κ1) is 26.1. The average Bonchev–Trinajstić information content (AvgIpc) is 3.47. The number of carboxylic acid groups (broad SMARTS) is 1. The van der Waals surface area contributed by atoms with Crippen molar-refractivity contribution < 1.29 is 19.6 Å². The van der Waals surface area contributed by atoms with Gasteiger partial charge in [0, 0.05) is 18.2 Å². The zero-order valence-electron chi connectivity index (χ0n) is 22.0. The van der Waals surface area contributed by atoms with Crippen LogP contribution >= 0.6 is 22.7 Å². The van der Waals surface area contributed by atoms with Crippen molar-refractivity contribution in [3.05, 3.63) is 108 Å². The van der Waals surface area contributed by atoms with Crippen molar-refractivity contribution in [2.24, 2.45) is 0 Å². The number of hydrogen-bond donors (Lipinski definition) is 2. The summed E-state index contributed by atoms with van der Waals surface area (Å²) >= 11 is 3.16. The molecule has 0 radical (unpaired) electrons. The Kier molecular flexibility index (Phi) is 6.83. The minimum absolute atomic E-state index is 0.0641. The average molecular weight is 568 g/mol. The monoisotopic (exact) mass is 567 g/mol. The van der Waals surface area contributed by atoms with Crippen molar-refractivity contribution in [1.29, 1.82) is 0 Å². The quantitative estimate of drug-likeness (QED) is 0.229. The fourth-order valence-corrected chi connectivity index (χ4v) is 7.77. The first-order valence-corrected chi connectivity index (χ1v) is 14.7. The van der Waals surface area contributed by atoms with Crippen LogP contribution in [0.5, 0.6) is 0 Å². The van der Waals surface area contributed by atoms with E-state index in [9.17, 15) is 19.8 Å². The fraction of sp³-hybridized carbons (Fsp3) is 0.156. The number of rotatable bonds is 6. The molecule has 40 heavy (non-hydrogen) atoms. The van der Waals surface area contributed by atoms with Gasteiger partial charge in [0.25, 0.3) is 10.6 Å². The van der Waals surface area contributed by atoms with Crippen LogP contribution in [0.2, 0.25) is 0 Å². The zero-order valence-corrected chi connectivity index (χ0v) is 23.6. The zero-order chi connectivity index (χ0) is 28.0. The van der Waals surface area contributed by atoms with Gasteiger partial charge in [0.2, 0.25) is 5.52 Å². The van der Waals surface area contributed by atoms with Gasteiger partial charge in [0.05, 0.1) is 10.6 Å². The van der Waals surface area contributed by atoms with Gasteiger partial charge in [-0.3, -0.25) is 9.36 Å². The molecule has 8 heteroatoms. The van der Waals surface area contributed by atoms with E-state index < -0.39 is 12.1 Å². The van der Waals surface area contributed by atoms with Crippen molar-refractivity contribution in [2.45, 2.75) is 33.0 Å². The number of nitrogens with zero attached hydrogens (tertiary/aromatic N) is 2. The maximum Gasteiger partial charge on any atom is 0.337 e. The summed E-state index contributed by atoms with van der Waals surface area (Å²) in [6.07, 6.45) is 2.34. The number of carbonyl (C=O) groups is 1. The molecule has 200 valence electrons. The molecule has 0 bridgehead atoms. The highest BCUT2D eigenvalue weighted by molar-refractivity contribution is 7.19. The van der Waals surface area contributed by atoms with Crippen molar-refractivity contribution in [2.75, 3.05) is 0 Å². The lowest BCUT2D eigenvalue weighted by molar-refractivity contribution is -0.665. The Balaban J connectivity index is 1.66. The Hall–Kier alpha value is -4.11. The van der Waals surface area contributed by atoms with E-state index in [4.69, 9.17) is 0 Å². The molecule has 6 rings (SSSR count). The maximum atomic E-state index is 13.7. The molecule has 4 aromatic carbocycles. The van der Waals surface area contributed by atoms with Crippen LogP contribution in [-0.2, 0) is 17.9 Å². The van der Waals surface area contributed by atoms with Crippen molar-refractivity contribution in [3.63, 3.8) is 0 Å². The number of aromatic nitrogens is 2. The van der Waals surface area contributed by atoms with E-state index in [0.29, 0.717) is 27.4 Å². The number of aliphatic carboxylic acids is 1. The third-order valence-electron chi connectivity index (χ3n) is 7.25. The van der Waals surface area contributed by atoms with Crippen LogP contribution in [0, 0.1) is 0 Å². The first-order valence-electron chi connectivity index (χ1n) is 13.1. The Morgan fingerprint density at radius 2 is 1.50 bits per heavy atom. The van der Waals surface area contributed by atoms with Gasteiger partial charge in [0.15, 0.2) is 6.10 Å². The highest BCUT2D eigenvalue weighted by Crippen LogP contribution is 2.36. The summed E-state index contributed by atoms with van der Waals surface area (Å²) in [5, 5.41) is 24.3. The molecule has 2 aromatic heterocycles. The molecule has 6 nitrogen and oxygen atoms in total. The Labute approximate surface area is 237 Å². The second-order valence-electron chi connectivity index (χ2n) is 9.45. The second-order valence-corrected chi connectivity index (χ2v) is 11.6. The van der Waals surface area contributed by atoms with E-state index in [-0.39, 0.29) is 5.56 Å². The fourth-order valence-electron chi connectivity index (χ4n) is 5.44. The predicted octanol–water partition coefficient (Wildman–Crippen LogP) is 4.53. The Bertz CT molecular complexity index is 2060. The summed E-state index contributed by atoms with van der Waals surface area (Å²) in [7, 11) is 0. The summed E-state index contributed by atoms with van der Waals surface area (Å²) in [4.78, 5) is 25.5. The van der Waals surface area contributed by atoms with Crippen LogP contribution in [-0.4, -0.2) is 20.7 Å². The Morgan fingerprint density at radius 1 is 0.900 bits per heavy atom. The summed E-state index contributed by atoms with van der Waals surface area (Å²) in [5.74, 6) is -1.30. The normalized spacial score (nSPS) is 13.6. The number of benzene rings is 4. The molecular formula is C32H27N2O4S2+. The minimum atomic E-state index is -1.67. The summed E-state index contributed by atoms with van der Waals surface area (Å²) in [5.41, 5.74) is 2.30. The van der Waals surface area contributed by atoms with E-state index in [1.54, 1.807) is 15.9 Å². The molecule has 1 unspecified atom stereocenters. The lowest BCUT2D eigenvalue weighted by Gasteiger charge is -2.17. The highest BCUT2D eigenvalue weighted by atomic mass is 32.1. The van der Waals surface area contributed by atoms with Crippen molar-refractivity contribution in [1.82, 2.24) is 4.57 Å². The topological polar surface area (TPSA) is 83.4 Å². The molecule has 0 aliphatic heterocycles. The molecule has 0 saturated carbocycles. The minimum Gasteiger partial charge on any atom is -0.479 e. The third kappa shape index (κ3) is 4.25. The van der Waals surface area contributed by atoms with E-state index in [0.717, 1.165) is 32.6 Å². The highest BCUT2D eigenvalue weighted by Gasteiger charge is 2.23. The third-order valence-corrected chi connectivity index (χ3v) is 9.42. The molecule has 0 fully saturated rings. The SMILES string of the molecule is CCn1c(=Cc2sc3ccccc3[n+]2CC)sc(=Cc2c3ccccc3c(C(O)C(=O)O)c3ccccc23)c1=O. The van der Waals surface area contributed by atoms with Crippen LogP contribution in [0.25, 0.3) is 43.9 Å². The van der Waals surface area contributed by atoms with E-state index >= 15 is 0 Å². The molecule has 2 N–H and O–H groups in total. The molecule has 0 amide bonds. The lowest BCUT2D eigenvalue weighted by Crippen LogP contribution is -2.35. The largest absolute Gasteiger partial charge is 0.479 e. The first-order chi connectivity index (χ1) is 19.4. The number of carboxylic acids is 1. The number of thiazole rings is 2. The van der Waals surface area contributed by atoms with Gasteiger partial charge >= 0.3 is 5.97 Å². The van der Waals surface area contributed by atoms with Crippen LogP contribution in [0.3, 0.4) is 0 Å². The van der Waals surface area contributed by atoms with Gasteiger partial charge in [-0.15, -0.1) is 11.3 Å². The lowest BCUT2D eigenvalue weighted by atomic mass is 9.89. The molecule has 1 atom stereocenters. The summed E-state index contributed by atoms with van der Waals surface area (Å²) < 4.78 is 6.73. The van der Waals surface area contributed by atoms with Gasteiger partial charge in [-0.25, -0.2) is 4.79 Å². The number of aliphatic hydroxyl groups is 1. The van der Waals surface area contributed by atoms with Gasteiger partial charge in [-0.2, -0.15) is 4.57 Å². The maximum absolute atomic E-state index is 13.7. The molecule has 0 spiro atoms. The van der Waals surface area contributed by atoms with Crippen LogP contribution in [0.1, 0.15) is 36.1 Å². The molecule has 0 aliphatic rings. The number of fused-ring (bicyclic) bond motifs is 3. The van der Waals surface area contributed by atoms with Crippen molar-refractivity contribution in [3.8, 4) is 0 Å². The number of aryl methyl sites for hydroxylation is 1. The number of para-hydroxylation sites is 1. The standard InChI is InChI=1S/C32H26N2O4S2/c1-3-33-24-15-9-10-16-25(24)39-27(33)18-28-34(4-2)31(36)26(40-28)17-23-19-11-5-7-13-21(19)29(30(35)32(37)38)22-14-8-6-12-20(22)23/h5-18,30,35H,3-4H2,1-2H3/p+1. The smallest absolute Gasteiger partial charge is 0.337 e. The number of hydrogen-bond acceptors (Lipinski definition) is 5. The van der Waals surface area contributed by atoms with Crippen LogP contribution in [0.4, 0.5) is 0 Å². The van der Waals surface area contributed by atoms with Crippen LogP contribution < -0.4 is 19.3 Å². The molecule has 0 saturated heterocycles. The predicted molar refractivity (Wildman–Crippen MR) is 162 cm³/mol. The van der Waals surface area contributed by atoms with Gasteiger partial charge in [-0.05, 0) is 53.1 Å². The summed E-state index contributed by atoms with van der Waals surface area (Å²) in [6.45, 7) is 5.46. The van der Waals surface area contributed by atoms with Gasteiger partial charge in [0.1, 0.15) is 15.9 Å². The van der Waals surface area contributed by atoms with Crippen LogP contribution in [0.15, 0.2) is 77.6 Å². The molecule has 2 heterocycles. The van der Waals surface area contributed by atoms with Crippen molar-refractivity contribution >= 4 is 72.6 Å². The summed E-state index contributed by atoms with van der Waals surface area (Å²) in [6, 6.07) is 23.2. The number of aliphatic hydroxyl groups excluding tert-OH is 1. The van der Waals surface area contributed by atoms with Gasteiger partial charge < -0.3 is 10.2 Å².